The molecule has 0 aliphatic carbocycles. The van der Waals surface area contributed by atoms with Crippen LogP contribution in [0.2, 0.25) is 0 Å². The van der Waals surface area contributed by atoms with Gasteiger partial charge in [-0.15, -0.1) is 0 Å². The number of carbonyl (C=O) groups excluding carboxylic acids is 2. The number of hydrogen-bond acceptors (Lipinski definition) is 6. The van der Waals surface area contributed by atoms with Crippen molar-refractivity contribution < 1.29 is 14.0 Å². The van der Waals surface area contributed by atoms with Crippen LogP contribution in [0, 0.1) is 5.82 Å². The molecule has 1 rings (SSSR count). The predicted octanol–water partition coefficient (Wildman–Crippen LogP) is -1.57. The van der Waals surface area contributed by atoms with E-state index in [1.54, 1.807) is 7.05 Å². The van der Waals surface area contributed by atoms with Crippen LogP contribution in [0.1, 0.15) is 0 Å². The number of hydrogen-bond donors (Lipinski definition) is 3. The summed E-state index contributed by atoms with van der Waals surface area (Å²) >= 11 is 0. The Labute approximate surface area is 102 Å². The molecule has 0 saturated heterocycles. The third kappa shape index (κ3) is 3.54. The number of primary amides is 2. The molecule has 8 nitrogen and oxygen atoms in total. The maximum Gasteiger partial charge on any atom is 0.237 e. The molecule has 5 N–H and O–H groups in total. The van der Waals surface area contributed by atoms with Crippen molar-refractivity contribution in [1.82, 2.24) is 9.97 Å². The fraction of sp³-hybridized carbons (Fsp3) is 0.333. The van der Waals surface area contributed by atoms with Crippen LogP contribution in [0.15, 0.2) is 6.20 Å². The summed E-state index contributed by atoms with van der Waals surface area (Å²) in [6.07, 6.45) is 0.920. The molecule has 0 unspecified atom stereocenters. The van der Waals surface area contributed by atoms with Crippen molar-refractivity contribution in [2.45, 2.75) is 0 Å². The zero-order valence-corrected chi connectivity index (χ0v) is 9.68. The van der Waals surface area contributed by atoms with Gasteiger partial charge in [0.1, 0.15) is 0 Å². The van der Waals surface area contributed by atoms with Crippen molar-refractivity contribution in [3.8, 4) is 0 Å². The number of nitrogens with two attached hydrogens (primary N) is 2. The van der Waals surface area contributed by atoms with Gasteiger partial charge in [-0.3, -0.25) is 9.59 Å². The zero-order chi connectivity index (χ0) is 13.7. The fourth-order valence-electron chi connectivity index (χ4n) is 1.28. The van der Waals surface area contributed by atoms with E-state index >= 15 is 0 Å². The van der Waals surface area contributed by atoms with Crippen molar-refractivity contribution in [2.75, 3.05) is 30.4 Å². The molecule has 0 saturated carbocycles. The molecule has 0 aliphatic rings. The lowest BCUT2D eigenvalue weighted by molar-refractivity contribution is -0.117. The average Bonchev–Trinajstić information content (AvgIpc) is 2.27. The third-order valence-corrected chi connectivity index (χ3v) is 1.94. The second kappa shape index (κ2) is 5.75. The van der Waals surface area contributed by atoms with E-state index in [-0.39, 0.29) is 24.9 Å². The summed E-state index contributed by atoms with van der Waals surface area (Å²) in [4.78, 5) is 30.3. The lowest BCUT2D eigenvalue weighted by Crippen LogP contribution is -2.40. The Kier molecular flexibility index (Phi) is 4.35. The van der Waals surface area contributed by atoms with Crippen LogP contribution >= 0.6 is 0 Å². The topological polar surface area (TPSA) is 127 Å². The fourth-order valence-corrected chi connectivity index (χ4v) is 1.28. The number of amides is 2. The van der Waals surface area contributed by atoms with E-state index in [2.05, 4.69) is 15.3 Å². The maximum atomic E-state index is 13.6. The molecule has 0 spiro atoms. The van der Waals surface area contributed by atoms with E-state index in [0.717, 1.165) is 11.1 Å². The molecule has 1 heterocycles. The molecule has 0 fully saturated rings. The monoisotopic (exact) mass is 256 g/mol. The van der Waals surface area contributed by atoms with Crippen LogP contribution in [-0.2, 0) is 9.59 Å². The van der Waals surface area contributed by atoms with Crippen LogP contribution in [0.5, 0.6) is 0 Å². The second-order valence-corrected chi connectivity index (χ2v) is 3.40. The Morgan fingerprint density at radius 3 is 2.39 bits per heavy atom. The molecule has 2 amide bonds. The summed E-state index contributed by atoms with van der Waals surface area (Å²) in [6, 6.07) is 0. The Hall–Kier alpha value is -2.45. The highest BCUT2D eigenvalue weighted by Gasteiger charge is 2.18. The summed E-state index contributed by atoms with van der Waals surface area (Å²) < 4.78 is 13.6. The average molecular weight is 256 g/mol. The SMILES string of the molecule is CNc1ncc(F)c(N(CC(N)=O)CC(N)=O)n1. The van der Waals surface area contributed by atoms with E-state index in [4.69, 9.17) is 11.5 Å². The summed E-state index contributed by atoms with van der Waals surface area (Å²) in [5.41, 5.74) is 10.0. The van der Waals surface area contributed by atoms with Gasteiger partial charge in [0.2, 0.25) is 17.8 Å². The third-order valence-electron chi connectivity index (χ3n) is 1.94. The quantitative estimate of drug-likeness (QED) is 0.564. The number of nitrogens with one attached hydrogen (secondary N) is 1. The Balaban J connectivity index is 3.09. The standard InChI is InChI=1S/C9H13FN6O2/c1-13-9-14-2-5(10)8(15-9)16(3-6(11)17)4-7(12)18/h2H,3-4H2,1H3,(H2,11,17)(H2,12,18)(H,13,14,15). The van der Waals surface area contributed by atoms with Crippen molar-refractivity contribution in [2.24, 2.45) is 11.5 Å². The highest BCUT2D eigenvalue weighted by Crippen LogP contribution is 2.16. The van der Waals surface area contributed by atoms with E-state index in [9.17, 15) is 14.0 Å². The zero-order valence-electron chi connectivity index (χ0n) is 9.68. The van der Waals surface area contributed by atoms with Crippen LogP contribution in [0.25, 0.3) is 0 Å². The van der Waals surface area contributed by atoms with Gasteiger partial charge in [0.05, 0.1) is 19.3 Å². The van der Waals surface area contributed by atoms with E-state index in [1.807, 2.05) is 0 Å². The van der Waals surface area contributed by atoms with Crippen molar-refractivity contribution in [3.05, 3.63) is 12.0 Å². The van der Waals surface area contributed by atoms with E-state index in [0.29, 0.717) is 0 Å². The lowest BCUT2D eigenvalue weighted by Gasteiger charge is -2.20. The van der Waals surface area contributed by atoms with Gasteiger partial charge in [-0.25, -0.2) is 9.37 Å². The first-order chi connectivity index (χ1) is 8.43. The minimum absolute atomic E-state index is 0.144. The molecule has 1 aromatic rings. The van der Waals surface area contributed by atoms with Gasteiger partial charge in [0.15, 0.2) is 11.6 Å². The smallest absolute Gasteiger partial charge is 0.237 e. The number of carbonyl (C=O) groups is 2. The van der Waals surface area contributed by atoms with Crippen LogP contribution in [-0.4, -0.2) is 41.9 Å². The Bertz CT molecular complexity index is 450. The maximum absolute atomic E-state index is 13.6. The molecule has 0 aromatic carbocycles. The Morgan fingerprint density at radius 2 is 1.94 bits per heavy atom. The summed E-state index contributed by atoms with van der Waals surface area (Å²) in [5, 5.41) is 2.61. The van der Waals surface area contributed by atoms with Gasteiger partial charge in [0, 0.05) is 7.05 Å². The summed E-state index contributed by atoms with van der Waals surface area (Å²) in [5.74, 6) is -2.32. The van der Waals surface area contributed by atoms with Crippen molar-refractivity contribution in [3.63, 3.8) is 0 Å². The van der Waals surface area contributed by atoms with Gasteiger partial charge >= 0.3 is 0 Å². The van der Waals surface area contributed by atoms with Crippen LogP contribution in [0.4, 0.5) is 16.2 Å². The molecular weight excluding hydrogens is 243 g/mol. The molecule has 18 heavy (non-hydrogen) atoms. The number of halogens is 1. The number of aromatic nitrogens is 2. The molecule has 0 bridgehead atoms. The lowest BCUT2D eigenvalue weighted by atomic mass is 10.4. The van der Waals surface area contributed by atoms with Crippen molar-refractivity contribution >= 4 is 23.6 Å². The molecule has 98 valence electrons. The molecule has 0 radical (unpaired) electrons. The minimum atomic E-state index is -0.781. The highest BCUT2D eigenvalue weighted by molar-refractivity contribution is 5.84. The van der Waals surface area contributed by atoms with Gasteiger partial charge in [-0.1, -0.05) is 0 Å². The van der Waals surface area contributed by atoms with Gasteiger partial charge in [-0.2, -0.15) is 4.98 Å². The summed E-state index contributed by atoms with van der Waals surface area (Å²) in [7, 11) is 1.55. The Morgan fingerprint density at radius 1 is 1.39 bits per heavy atom. The van der Waals surface area contributed by atoms with Crippen LogP contribution < -0.4 is 21.7 Å². The molecule has 0 aliphatic heterocycles. The van der Waals surface area contributed by atoms with Crippen molar-refractivity contribution in [1.29, 1.82) is 0 Å². The molecule has 1 aromatic heterocycles. The first-order valence-corrected chi connectivity index (χ1v) is 4.96. The normalized spacial score (nSPS) is 9.89. The van der Waals surface area contributed by atoms with Crippen LogP contribution in [0.3, 0.4) is 0 Å². The van der Waals surface area contributed by atoms with Gasteiger partial charge in [0.25, 0.3) is 0 Å². The first-order valence-electron chi connectivity index (χ1n) is 4.96. The van der Waals surface area contributed by atoms with E-state index in [1.165, 1.54) is 0 Å². The largest absolute Gasteiger partial charge is 0.368 e. The summed E-state index contributed by atoms with van der Waals surface area (Å²) in [6.45, 7) is -0.750. The molecular formula is C9H13FN6O2. The van der Waals surface area contributed by atoms with Gasteiger partial charge < -0.3 is 21.7 Å². The number of rotatable bonds is 6. The molecule has 0 atom stereocenters. The molecule has 9 heteroatoms. The number of nitrogens with zero attached hydrogens (tertiary/aromatic N) is 3. The second-order valence-electron chi connectivity index (χ2n) is 3.40. The number of anilines is 2. The van der Waals surface area contributed by atoms with Gasteiger partial charge in [-0.05, 0) is 0 Å². The first kappa shape index (κ1) is 13.6. The highest BCUT2D eigenvalue weighted by atomic mass is 19.1. The minimum Gasteiger partial charge on any atom is -0.368 e. The van der Waals surface area contributed by atoms with E-state index < -0.39 is 17.6 Å². The predicted molar refractivity (Wildman–Crippen MR) is 62.1 cm³/mol.